The molecule has 1 N–H and O–H groups in total. The number of nitrogens with zero attached hydrogens (tertiary/aromatic N) is 3. The lowest BCUT2D eigenvalue weighted by molar-refractivity contribution is -0.125. The third-order valence-corrected chi connectivity index (χ3v) is 5.05. The Balaban J connectivity index is 1.53. The van der Waals surface area contributed by atoms with Gasteiger partial charge in [0.1, 0.15) is 0 Å². The van der Waals surface area contributed by atoms with E-state index in [-0.39, 0.29) is 17.4 Å². The van der Waals surface area contributed by atoms with Crippen LogP contribution in [0.25, 0.3) is 11.0 Å². The first-order valence-corrected chi connectivity index (χ1v) is 8.64. The van der Waals surface area contributed by atoms with E-state index in [1.54, 1.807) is 11.6 Å². The van der Waals surface area contributed by atoms with Crippen LogP contribution in [0.1, 0.15) is 25.7 Å². The van der Waals surface area contributed by atoms with Crippen LogP contribution in [0.3, 0.4) is 0 Å². The van der Waals surface area contributed by atoms with Gasteiger partial charge in [0.15, 0.2) is 5.82 Å². The van der Waals surface area contributed by atoms with Gasteiger partial charge < -0.3 is 14.8 Å². The lowest BCUT2D eigenvalue weighted by Gasteiger charge is -2.32. The minimum atomic E-state index is -0.0745. The molecule has 0 atom stereocenters. The summed E-state index contributed by atoms with van der Waals surface area (Å²) < 4.78 is 1.66. The van der Waals surface area contributed by atoms with E-state index in [2.05, 4.69) is 10.3 Å². The van der Waals surface area contributed by atoms with Crippen molar-refractivity contribution >= 4 is 22.8 Å². The van der Waals surface area contributed by atoms with Gasteiger partial charge in [-0.2, -0.15) is 0 Å². The molecule has 4 rings (SSSR count). The van der Waals surface area contributed by atoms with Crippen molar-refractivity contribution in [1.82, 2.24) is 14.9 Å². The molecule has 1 aromatic carbocycles. The van der Waals surface area contributed by atoms with Gasteiger partial charge in [0.2, 0.25) is 5.91 Å². The first-order valence-electron chi connectivity index (χ1n) is 8.64. The largest absolute Gasteiger partial charge is 0.353 e. The molecule has 126 valence electrons. The second-order valence-corrected chi connectivity index (χ2v) is 6.83. The van der Waals surface area contributed by atoms with E-state index in [9.17, 15) is 9.59 Å². The SMILES string of the molecule is Cn1c(=O)c(N2CCC(C(=O)NC3CC3)CC2)nc2ccccc21. The van der Waals surface area contributed by atoms with Crippen LogP contribution in [0.5, 0.6) is 0 Å². The molecule has 1 saturated carbocycles. The maximum Gasteiger partial charge on any atom is 0.293 e. The fraction of sp³-hybridized carbons (Fsp3) is 0.500. The summed E-state index contributed by atoms with van der Waals surface area (Å²) in [6.45, 7) is 1.40. The first kappa shape index (κ1) is 15.2. The van der Waals surface area contributed by atoms with E-state index < -0.39 is 0 Å². The van der Waals surface area contributed by atoms with E-state index >= 15 is 0 Å². The summed E-state index contributed by atoms with van der Waals surface area (Å²) in [5, 5.41) is 3.08. The molecular weight excluding hydrogens is 304 g/mol. The van der Waals surface area contributed by atoms with Crippen molar-refractivity contribution in [3.63, 3.8) is 0 Å². The fourth-order valence-corrected chi connectivity index (χ4v) is 3.37. The summed E-state index contributed by atoms with van der Waals surface area (Å²) in [6.07, 6.45) is 3.77. The first-order chi connectivity index (χ1) is 11.6. The Kier molecular flexibility index (Phi) is 3.75. The summed E-state index contributed by atoms with van der Waals surface area (Å²) >= 11 is 0. The number of amides is 1. The highest BCUT2D eigenvalue weighted by Gasteiger charge is 2.31. The van der Waals surface area contributed by atoms with Crippen LogP contribution in [-0.4, -0.2) is 34.6 Å². The second-order valence-electron chi connectivity index (χ2n) is 6.83. The molecule has 0 radical (unpaired) electrons. The van der Waals surface area contributed by atoms with Crippen molar-refractivity contribution in [3.05, 3.63) is 34.6 Å². The van der Waals surface area contributed by atoms with Crippen LogP contribution >= 0.6 is 0 Å². The second kappa shape index (κ2) is 5.92. The van der Waals surface area contributed by atoms with Crippen LogP contribution in [-0.2, 0) is 11.8 Å². The lowest BCUT2D eigenvalue weighted by Crippen LogP contribution is -2.43. The van der Waals surface area contributed by atoms with Gasteiger partial charge in [-0.1, -0.05) is 12.1 Å². The monoisotopic (exact) mass is 326 g/mol. The van der Waals surface area contributed by atoms with Gasteiger partial charge in [-0.3, -0.25) is 9.59 Å². The highest BCUT2D eigenvalue weighted by Crippen LogP contribution is 2.24. The van der Waals surface area contributed by atoms with Crippen molar-refractivity contribution in [1.29, 1.82) is 0 Å². The number of anilines is 1. The molecule has 6 nitrogen and oxygen atoms in total. The van der Waals surface area contributed by atoms with Crippen LogP contribution in [0.15, 0.2) is 29.1 Å². The van der Waals surface area contributed by atoms with Gasteiger partial charge in [0.05, 0.1) is 11.0 Å². The number of aromatic nitrogens is 2. The van der Waals surface area contributed by atoms with Crippen molar-refractivity contribution < 1.29 is 4.79 Å². The van der Waals surface area contributed by atoms with Crippen molar-refractivity contribution in [2.24, 2.45) is 13.0 Å². The van der Waals surface area contributed by atoms with Gasteiger partial charge >= 0.3 is 0 Å². The number of hydrogen-bond donors (Lipinski definition) is 1. The molecule has 6 heteroatoms. The standard InChI is InChI=1S/C18H22N4O2/c1-21-15-5-3-2-4-14(15)20-16(18(21)24)22-10-8-12(9-11-22)17(23)19-13-6-7-13/h2-5,12-13H,6-11H2,1H3,(H,19,23). The Hall–Kier alpha value is -2.37. The molecule has 2 heterocycles. The average Bonchev–Trinajstić information content (AvgIpc) is 3.42. The maximum absolute atomic E-state index is 12.6. The molecule has 2 aromatic rings. The minimum Gasteiger partial charge on any atom is -0.353 e. The molecule has 1 amide bonds. The Bertz CT molecular complexity index is 833. The number of carbonyl (C=O) groups is 1. The molecule has 1 aliphatic carbocycles. The highest BCUT2D eigenvalue weighted by atomic mass is 16.2. The van der Waals surface area contributed by atoms with Gasteiger partial charge in [0.25, 0.3) is 5.56 Å². The van der Waals surface area contributed by atoms with Gasteiger partial charge in [-0.15, -0.1) is 0 Å². The Morgan fingerprint density at radius 2 is 1.88 bits per heavy atom. The third-order valence-electron chi connectivity index (χ3n) is 5.05. The van der Waals surface area contributed by atoms with Gasteiger partial charge in [-0.25, -0.2) is 4.98 Å². The van der Waals surface area contributed by atoms with Crippen LogP contribution < -0.4 is 15.8 Å². The molecule has 1 aromatic heterocycles. The molecule has 0 bridgehead atoms. The molecule has 0 unspecified atom stereocenters. The average molecular weight is 326 g/mol. The molecule has 2 fully saturated rings. The number of rotatable bonds is 3. The van der Waals surface area contributed by atoms with Crippen molar-refractivity contribution in [2.75, 3.05) is 18.0 Å². The topological polar surface area (TPSA) is 67.2 Å². The molecule has 1 saturated heterocycles. The van der Waals surface area contributed by atoms with E-state index in [4.69, 9.17) is 0 Å². The predicted octanol–water partition coefficient (Wildman–Crippen LogP) is 1.43. The zero-order valence-electron chi connectivity index (χ0n) is 13.9. The zero-order chi connectivity index (χ0) is 16.7. The predicted molar refractivity (Wildman–Crippen MR) is 93.1 cm³/mol. The third kappa shape index (κ3) is 2.77. The van der Waals surface area contributed by atoms with Crippen molar-refractivity contribution in [3.8, 4) is 0 Å². The summed E-state index contributed by atoms with van der Waals surface area (Å²) in [6, 6.07) is 8.08. The van der Waals surface area contributed by atoms with Crippen molar-refractivity contribution in [2.45, 2.75) is 31.7 Å². The summed E-state index contributed by atoms with van der Waals surface area (Å²) in [7, 11) is 1.78. The number of benzene rings is 1. The number of nitrogens with one attached hydrogen (secondary N) is 1. The minimum absolute atomic E-state index is 0.0613. The van der Waals surface area contributed by atoms with Gasteiger partial charge in [-0.05, 0) is 37.8 Å². The van der Waals surface area contributed by atoms with Crippen LogP contribution in [0, 0.1) is 5.92 Å². The quantitative estimate of drug-likeness (QED) is 0.926. The Morgan fingerprint density at radius 3 is 2.58 bits per heavy atom. The molecule has 1 aliphatic heterocycles. The zero-order valence-corrected chi connectivity index (χ0v) is 13.9. The highest BCUT2D eigenvalue weighted by molar-refractivity contribution is 5.80. The number of hydrogen-bond acceptors (Lipinski definition) is 4. The van der Waals surface area contributed by atoms with Gasteiger partial charge in [0, 0.05) is 32.1 Å². The van der Waals surface area contributed by atoms with Crippen LogP contribution in [0.4, 0.5) is 5.82 Å². The number of aryl methyl sites for hydroxylation is 1. The number of carbonyl (C=O) groups excluding carboxylic acids is 1. The Labute approximate surface area is 140 Å². The summed E-state index contributed by atoms with van der Waals surface area (Å²) in [4.78, 5) is 31.4. The summed E-state index contributed by atoms with van der Waals surface area (Å²) in [5.41, 5.74) is 1.59. The van der Waals surface area contributed by atoms with E-state index in [1.807, 2.05) is 29.2 Å². The Morgan fingerprint density at radius 1 is 1.17 bits per heavy atom. The normalized spacial score (nSPS) is 18.8. The maximum atomic E-state index is 12.6. The summed E-state index contributed by atoms with van der Waals surface area (Å²) in [5.74, 6) is 0.736. The fourth-order valence-electron chi connectivity index (χ4n) is 3.37. The van der Waals surface area contributed by atoms with E-state index in [0.717, 1.165) is 36.7 Å². The number of fused-ring (bicyclic) bond motifs is 1. The number of para-hydroxylation sites is 2. The molecular formula is C18H22N4O2. The molecule has 0 spiro atoms. The smallest absolute Gasteiger partial charge is 0.293 e. The molecule has 24 heavy (non-hydrogen) atoms. The number of piperidine rings is 1. The molecule has 2 aliphatic rings. The lowest BCUT2D eigenvalue weighted by atomic mass is 9.96. The van der Waals surface area contributed by atoms with Crippen LogP contribution in [0.2, 0.25) is 0 Å². The van der Waals surface area contributed by atoms with E-state index in [0.29, 0.717) is 24.9 Å². The van der Waals surface area contributed by atoms with E-state index in [1.165, 1.54) is 0 Å².